The first kappa shape index (κ1) is 15.2. The second-order valence-corrected chi connectivity index (χ2v) is 5.86. The molecule has 0 spiro atoms. The zero-order chi connectivity index (χ0) is 14.7. The molecule has 0 radical (unpaired) electrons. The van der Waals surface area contributed by atoms with E-state index in [-0.39, 0.29) is 25.4 Å². The summed E-state index contributed by atoms with van der Waals surface area (Å²) in [7, 11) is 0. The number of likely N-dealkylation sites (tertiary alicyclic amines) is 1. The van der Waals surface area contributed by atoms with E-state index in [1.54, 1.807) is 6.07 Å². The molecule has 1 fully saturated rings. The minimum Gasteiger partial charge on any atom is -0.480 e. The maximum absolute atomic E-state index is 12.0. The van der Waals surface area contributed by atoms with Gasteiger partial charge in [0.1, 0.15) is 6.04 Å². The maximum Gasteiger partial charge on any atom is 0.321 e. The molecular weight excluding hydrogens is 375 g/mol. The van der Waals surface area contributed by atoms with Gasteiger partial charge in [-0.15, -0.1) is 0 Å². The first-order valence-corrected chi connectivity index (χ1v) is 7.24. The Kier molecular flexibility index (Phi) is 4.95. The van der Waals surface area contributed by atoms with E-state index in [0.717, 1.165) is 3.57 Å². The zero-order valence-corrected chi connectivity index (χ0v) is 12.8. The Balaban J connectivity index is 1.98. The number of anilines is 1. The van der Waals surface area contributed by atoms with Crippen molar-refractivity contribution in [3.63, 3.8) is 0 Å². The molecule has 1 amide bonds. The minimum atomic E-state index is -1.01. The van der Waals surface area contributed by atoms with E-state index >= 15 is 0 Å². The molecule has 0 saturated carbocycles. The van der Waals surface area contributed by atoms with Crippen LogP contribution in [0.5, 0.6) is 0 Å². The fourth-order valence-electron chi connectivity index (χ4n) is 2.25. The number of carbonyl (C=O) groups is 2. The second kappa shape index (κ2) is 6.51. The van der Waals surface area contributed by atoms with E-state index in [9.17, 15) is 14.7 Å². The number of benzene rings is 1. The summed E-state index contributed by atoms with van der Waals surface area (Å²) < 4.78 is 0.912. The van der Waals surface area contributed by atoms with Crippen molar-refractivity contribution < 1.29 is 19.8 Å². The van der Waals surface area contributed by atoms with Crippen molar-refractivity contribution in [2.45, 2.75) is 18.6 Å². The molecule has 2 rings (SSSR count). The highest BCUT2D eigenvalue weighted by Gasteiger charge is 2.36. The highest BCUT2D eigenvalue weighted by atomic mass is 127. The van der Waals surface area contributed by atoms with Crippen LogP contribution in [0.15, 0.2) is 24.3 Å². The summed E-state index contributed by atoms with van der Waals surface area (Å²) in [4.78, 5) is 24.5. The second-order valence-electron chi connectivity index (χ2n) is 4.70. The summed E-state index contributed by atoms with van der Waals surface area (Å²) in [6, 6.07) is 6.54. The number of carboxylic acids is 1. The third kappa shape index (κ3) is 3.68. The van der Waals surface area contributed by atoms with Crippen molar-refractivity contribution >= 4 is 40.2 Å². The molecule has 0 aliphatic carbocycles. The molecule has 2 atom stereocenters. The lowest BCUT2D eigenvalue weighted by atomic mass is 10.2. The van der Waals surface area contributed by atoms with E-state index in [1.165, 1.54) is 4.90 Å². The van der Waals surface area contributed by atoms with Crippen LogP contribution in [0.2, 0.25) is 0 Å². The fourth-order valence-corrected chi connectivity index (χ4v) is 2.77. The Hall–Kier alpha value is -1.19. The first-order valence-electron chi connectivity index (χ1n) is 6.16. The van der Waals surface area contributed by atoms with Crippen molar-refractivity contribution in [3.05, 3.63) is 27.8 Å². The monoisotopic (exact) mass is 390 g/mol. The Bertz CT molecular complexity index is 523. The molecule has 20 heavy (non-hydrogen) atoms. The topological polar surface area (TPSA) is 89.9 Å². The van der Waals surface area contributed by atoms with Crippen molar-refractivity contribution in [1.29, 1.82) is 0 Å². The summed E-state index contributed by atoms with van der Waals surface area (Å²) in [5, 5.41) is 21.3. The van der Waals surface area contributed by atoms with Crippen LogP contribution in [-0.4, -0.2) is 52.2 Å². The quantitative estimate of drug-likeness (QED) is 0.661. The SMILES string of the molecule is O=C(CN1CC(O)CC1C(=O)O)Nc1ccccc1I. The van der Waals surface area contributed by atoms with E-state index < -0.39 is 18.1 Å². The predicted molar refractivity (Wildman–Crippen MR) is 81.4 cm³/mol. The number of aliphatic hydroxyl groups excluding tert-OH is 1. The number of β-amino-alcohol motifs (C(OH)–C–C–N with tert-alkyl or cyclic N) is 1. The van der Waals surface area contributed by atoms with Gasteiger partial charge in [-0.2, -0.15) is 0 Å². The number of amides is 1. The Morgan fingerprint density at radius 2 is 2.10 bits per heavy atom. The number of para-hydroxylation sites is 1. The number of aliphatic carboxylic acids is 1. The zero-order valence-electron chi connectivity index (χ0n) is 10.6. The van der Waals surface area contributed by atoms with Gasteiger partial charge in [0.05, 0.1) is 18.3 Å². The van der Waals surface area contributed by atoms with Gasteiger partial charge in [-0.3, -0.25) is 14.5 Å². The van der Waals surface area contributed by atoms with Gasteiger partial charge in [0, 0.05) is 16.5 Å². The number of hydrogen-bond donors (Lipinski definition) is 3. The molecule has 6 nitrogen and oxygen atoms in total. The van der Waals surface area contributed by atoms with Crippen molar-refractivity contribution in [2.75, 3.05) is 18.4 Å². The van der Waals surface area contributed by atoms with Gasteiger partial charge in [-0.05, 0) is 34.7 Å². The average molecular weight is 390 g/mol. The fraction of sp³-hybridized carbons (Fsp3) is 0.385. The van der Waals surface area contributed by atoms with Gasteiger partial charge in [0.15, 0.2) is 0 Å². The summed E-state index contributed by atoms with van der Waals surface area (Å²) in [5.74, 6) is -1.29. The molecule has 3 N–H and O–H groups in total. The van der Waals surface area contributed by atoms with Gasteiger partial charge in [0.25, 0.3) is 0 Å². The number of carbonyl (C=O) groups excluding carboxylic acids is 1. The third-order valence-corrected chi connectivity index (χ3v) is 4.10. The van der Waals surface area contributed by atoms with Crippen LogP contribution in [0.4, 0.5) is 5.69 Å². The molecule has 1 aliphatic rings. The Morgan fingerprint density at radius 3 is 2.75 bits per heavy atom. The summed E-state index contributed by atoms with van der Waals surface area (Å²) in [5.41, 5.74) is 0.699. The van der Waals surface area contributed by atoms with Crippen LogP contribution in [0.3, 0.4) is 0 Å². The van der Waals surface area contributed by atoms with Crippen LogP contribution in [0, 0.1) is 3.57 Å². The molecule has 1 aliphatic heterocycles. The molecular formula is C13H15IN2O4. The molecule has 1 saturated heterocycles. The van der Waals surface area contributed by atoms with Gasteiger partial charge in [-0.25, -0.2) is 0 Å². The van der Waals surface area contributed by atoms with Gasteiger partial charge >= 0.3 is 5.97 Å². The number of nitrogens with zero attached hydrogens (tertiary/aromatic N) is 1. The number of halogens is 1. The minimum absolute atomic E-state index is 0.0427. The number of rotatable bonds is 4. The van der Waals surface area contributed by atoms with Gasteiger partial charge in [-0.1, -0.05) is 12.1 Å². The predicted octanol–water partition coefficient (Wildman–Crippen LogP) is 0.750. The van der Waals surface area contributed by atoms with E-state index in [2.05, 4.69) is 27.9 Å². The molecule has 1 aromatic carbocycles. The third-order valence-electron chi connectivity index (χ3n) is 3.16. The van der Waals surface area contributed by atoms with Crippen LogP contribution < -0.4 is 5.32 Å². The van der Waals surface area contributed by atoms with E-state index in [1.807, 2.05) is 18.2 Å². The molecule has 7 heteroatoms. The molecule has 2 unspecified atom stereocenters. The van der Waals surface area contributed by atoms with Crippen LogP contribution in [0.1, 0.15) is 6.42 Å². The number of hydrogen-bond acceptors (Lipinski definition) is 4. The highest BCUT2D eigenvalue weighted by molar-refractivity contribution is 14.1. The van der Waals surface area contributed by atoms with Crippen LogP contribution in [-0.2, 0) is 9.59 Å². The Morgan fingerprint density at radius 1 is 1.40 bits per heavy atom. The Labute approximate surface area is 129 Å². The van der Waals surface area contributed by atoms with Crippen molar-refractivity contribution in [3.8, 4) is 0 Å². The smallest absolute Gasteiger partial charge is 0.321 e. The summed E-state index contributed by atoms with van der Waals surface area (Å²) in [6.45, 7) is 0.162. The normalized spacial score (nSPS) is 22.7. The largest absolute Gasteiger partial charge is 0.480 e. The highest BCUT2D eigenvalue weighted by Crippen LogP contribution is 2.19. The lowest BCUT2D eigenvalue weighted by molar-refractivity contribution is -0.142. The van der Waals surface area contributed by atoms with Gasteiger partial charge < -0.3 is 15.5 Å². The molecule has 108 valence electrons. The van der Waals surface area contributed by atoms with Crippen LogP contribution in [0.25, 0.3) is 0 Å². The van der Waals surface area contributed by atoms with Gasteiger partial charge in [0.2, 0.25) is 5.91 Å². The average Bonchev–Trinajstić information content (AvgIpc) is 2.73. The van der Waals surface area contributed by atoms with E-state index in [0.29, 0.717) is 5.69 Å². The molecule has 1 aromatic rings. The molecule has 0 aromatic heterocycles. The standard InChI is InChI=1S/C13H15IN2O4/c14-9-3-1-2-4-10(9)15-12(18)7-16-6-8(17)5-11(16)13(19)20/h1-4,8,11,17H,5-7H2,(H,15,18)(H,19,20). The number of carboxylic acid groups (broad SMARTS) is 1. The van der Waals surface area contributed by atoms with Crippen molar-refractivity contribution in [2.24, 2.45) is 0 Å². The molecule has 0 bridgehead atoms. The lowest BCUT2D eigenvalue weighted by Crippen LogP contribution is -2.41. The van der Waals surface area contributed by atoms with Crippen molar-refractivity contribution in [1.82, 2.24) is 4.90 Å². The lowest BCUT2D eigenvalue weighted by Gasteiger charge is -2.20. The van der Waals surface area contributed by atoms with E-state index in [4.69, 9.17) is 5.11 Å². The van der Waals surface area contributed by atoms with Crippen LogP contribution >= 0.6 is 22.6 Å². The number of aliphatic hydroxyl groups is 1. The summed E-state index contributed by atoms with van der Waals surface area (Å²) in [6.07, 6.45) is -0.536. The maximum atomic E-state index is 12.0. The summed E-state index contributed by atoms with van der Waals surface area (Å²) >= 11 is 2.11. The number of nitrogens with one attached hydrogen (secondary N) is 1. The molecule has 1 heterocycles. The first-order chi connectivity index (χ1) is 9.47.